The molecule has 1 saturated carbocycles. The van der Waals surface area contributed by atoms with E-state index in [1.807, 2.05) is 0 Å². The molecule has 0 aliphatic heterocycles. The molecular weight excluding hydrogens is 250 g/mol. The fraction of sp³-hybridized carbons (Fsp3) is 0.533. The van der Waals surface area contributed by atoms with Crippen molar-refractivity contribution < 1.29 is 0 Å². The van der Waals surface area contributed by atoms with E-state index in [1.54, 1.807) is 11.0 Å². The lowest BCUT2D eigenvalue weighted by molar-refractivity contribution is 0.230. The monoisotopic (exact) mass is 271 g/mol. The molecule has 5 nitrogen and oxygen atoms in total. The molecule has 1 aliphatic carbocycles. The van der Waals surface area contributed by atoms with E-state index in [1.165, 1.54) is 24.8 Å². The van der Waals surface area contributed by atoms with Gasteiger partial charge in [0.05, 0.1) is 5.69 Å². The summed E-state index contributed by atoms with van der Waals surface area (Å²) in [5.74, 6) is 0.859. The number of tetrazole rings is 1. The van der Waals surface area contributed by atoms with Crippen molar-refractivity contribution in [2.45, 2.75) is 45.2 Å². The van der Waals surface area contributed by atoms with E-state index in [2.05, 4.69) is 59.0 Å². The number of hydrogen-bond acceptors (Lipinski definition) is 4. The summed E-state index contributed by atoms with van der Waals surface area (Å²) in [6.45, 7) is 4.52. The predicted molar refractivity (Wildman–Crippen MR) is 77.5 cm³/mol. The van der Waals surface area contributed by atoms with Crippen molar-refractivity contribution in [3.8, 4) is 5.69 Å². The third-order valence-corrected chi connectivity index (χ3v) is 4.38. The maximum atomic E-state index is 3.89. The predicted octanol–water partition coefficient (Wildman–Crippen LogP) is 2.50. The molecule has 0 amide bonds. The minimum absolute atomic E-state index is 0.369. The van der Waals surface area contributed by atoms with Crippen LogP contribution in [0.15, 0.2) is 30.6 Å². The number of benzene rings is 1. The van der Waals surface area contributed by atoms with Crippen LogP contribution in [0.1, 0.15) is 44.7 Å². The Morgan fingerprint density at radius 2 is 1.95 bits per heavy atom. The van der Waals surface area contributed by atoms with E-state index in [-0.39, 0.29) is 0 Å². The first-order valence-electron chi connectivity index (χ1n) is 7.33. The van der Waals surface area contributed by atoms with Crippen LogP contribution in [0.2, 0.25) is 0 Å². The highest BCUT2D eigenvalue weighted by Gasteiger charge is 2.24. The number of nitrogens with one attached hydrogen (secondary N) is 1. The average Bonchev–Trinajstić information content (AvgIpc) is 2.90. The third kappa shape index (κ3) is 2.72. The molecule has 1 N–H and O–H groups in total. The summed E-state index contributed by atoms with van der Waals surface area (Å²) in [6, 6.07) is 9.35. The van der Waals surface area contributed by atoms with Gasteiger partial charge in [-0.25, -0.2) is 4.68 Å². The highest BCUT2D eigenvalue weighted by atomic mass is 15.5. The molecule has 3 rings (SSSR count). The van der Waals surface area contributed by atoms with Crippen LogP contribution in [0.5, 0.6) is 0 Å². The van der Waals surface area contributed by atoms with E-state index in [4.69, 9.17) is 0 Å². The van der Waals surface area contributed by atoms with Gasteiger partial charge in [0, 0.05) is 12.1 Å². The van der Waals surface area contributed by atoms with Crippen molar-refractivity contribution in [2.75, 3.05) is 0 Å². The maximum Gasteiger partial charge on any atom is 0.143 e. The zero-order valence-corrected chi connectivity index (χ0v) is 12.0. The van der Waals surface area contributed by atoms with Crippen molar-refractivity contribution in [2.24, 2.45) is 5.92 Å². The van der Waals surface area contributed by atoms with Crippen molar-refractivity contribution >= 4 is 0 Å². The molecule has 0 spiro atoms. The van der Waals surface area contributed by atoms with Crippen molar-refractivity contribution in [3.05, 3.63) is 36.2 Å². The summed E-state index contributed by atoms with van der Waals surface area (Å²) >= 11 is 0. The van der Waals surface area contributed by atoms with Gasteiger partial charge in [0.15, 0.2) is 0 Å². The summed E-state index contributed by atoms with van der Waals surface area (Å²) in [6.07, 6.45) is 5.75. The molecule has 20 heavy (non-hydrogen) atoms. The molecule has 0 saturated heterocycles. The average molecular weight is 271 g/mol. The van der Waals surface area contributed by atoms with Crippen LogP contribution in [0.25, 0.3) is 5.69 Å². The first-order valence-corrected chi connectivity index (χ1v) is 7.33. The van der Waals surface area contributed by atoms with E-state index < -0.39 is 0 Å². The van der Waals surface area contributed by atoms with Crippen molar-refractivity contribution in [3.63, 3.8) is 0 Å². The molecule has 0 radical (unpaired) electrons. The van der Waals surface area contributed by atoms with Crippen LogP contribution in [0, 0.1) is 5.92 Å². The molecule has 1 heterocycles. The van der Waals surface area contributed by atoms with E-state index >= 15 is 0 Å². The molecule has 1 aliphatic rings. The molecule has 2 atom stereocenters. The lowest BCUT2D eigenvalue weighted by Gasteiger charge is -2.34. The van der Waals surface area contributed by atoms with Gasteiger partial charge in [0.2, 0.25) is 0 Å². The molecule has 1 aromatic heterocycles. The largest absolute Gasteiger partial charge is 0.307 e. The Balaban J connectivity index is 1.64. The molecule has 5 heteroatoms. The fourth-order valence-electron chi connectivity index (χ4n) is 2.76. The fourth-order valence-corrected chi connectivity index (χ4v) is 2.76. The Morgan fingerprint density at radius 1 is 1.20 bits per heavy atom. The van der Waals surface area contributed by atoms with Gasteiger partial charge in [-0.3, -0.25) is 0 Å². The van der Waals surface area contributed by atoms with E-state index in [0.29, 0.717) is 12.1 Å². The number of nitrogens with zero attached hydrogens (tertiary/aromatic N) is 4. The second-order valence-corrected chi connectivity index (χ2v) is 5.71. The summed E-state index contributed by atoms with van der Waals surface area (Å²) in [7, 11) is 0. The summed E-state index contributed by atoms with van der Waals surface area (Å²) in [4.78, 5) is 0. The van der Waals surface area contributed by atoms with Gasteiger partial charge < -0.3 is 5.32 Å². The molecule has 106 valence electrons. The van der Waals surface area contributed by atoms with Crippen LogP contribution in [-0.4, -0.2) is 26.2 Å². The second kappa shape index (κ2) is 5.71. The quantitative estimate of drug-likeness (QED) is 0.907. The Morgan fingerprint density at radius 3 is 2.50 bits per heavy atom. The second-order valence-electron chi connectivity index (χ2n) is 5.71. The van der Waals surface area contributed by atoms with Gasteiger partial charge in [-0.1, -0.05) is 18.6 Å². The van der Waals surface area contributed by atoms with Gasteiger partial charge in [-0.2, -0.15) is 0 Å². The van der Waals surface area contributed by atoms with E-state index in [9.17, 15) is 0 Å². The molecule has 1 aromatic carbocycles. The zero-order chi connectivity index (χ0) is 13.9. The first kappa shape index (κ1) is 13.2. The smallest absolute Gasteiger partial charge is 0.143 e. The lowest BCUT2D eigenvalue weighted by atomic mass is 9.80. The topological polar surface area (TPSA) is 55.6 Å². The molecular formula is C15H21N5. The van der Waals surface area contributed by atoms with Crippen LogP contribution < -0.4 is 5.32 Å². The normalized spacial score (nSPS) is 18.5. The highest BCUT2D eigenvalue weighted by molar-refractivity contribution is 5.34. The first-order chi connectivity index (χ1) is 9.74. The minimum Gasteiger partial charge on any atom is -0.307 e. The summed E-state index contributed by atoms with van der Waals surface area (Å²) in [5.41, 5.74) is 2.28. The highest BCUT2D eigenvalue weighted by Crippen LogP contribution is 2.30. The number of hydrogen-bond donors (Lipinski definition) is 1. The molecule has 0 unspecified atom stereocenters. The standard InChI is InChI=1S/C15H21N5/c1-11(13-4-3-5-13)17-12(2)14-6-8-15(9-7-14)20-10-16-18-19-20/h6-13,17H,3-5H2,1-2H3/t11-,12+/m1/s1. The number of aromatic nitrogens is 4. The van der Waals surface area contributed by atoms with Crippen molar-refractivity contribution in [1.29, 1.82) is 0 Å². The zero-order valence-electron chi connectivity index (χ0n) is 12.0. The number of rotatable bonds is 5. The lowest BCUT2D eigenvalue weighted by Crippen LogP contribution is -2.38. The van der Waals surface area contributed by atoms with Gasteiger partial charge in [-0.15, -0.1) is 5.10 Å². The van der Waals surface area contributed by atoms with E-state index in [0.717, 1.165) is 11.6 Å². The van der Waals surface area contributed by atoms with Crippen LogP contribution in [-0.2, 0) is 0 Å². The molecule has 2 aromatic rings. The van der Waals surface area contributed by atoms with Crippen LogP contribution in [0.3, 0.4) is 0 Å². The van der Waals surface area contributed by atoms with Crippen LogP contribution in [0.4, 0.5) is 0 Å². The molecule has 1 fully saturated rings. The maximum absolute atomic E-state index is 3.89. The Labute approximate surface area is 119 Å². The van der Waals surface area contributed by atoms with Gasteiger partial charge in [0.25, 0.3) is 0 Å². The summed E-state index contributed by atoms with van der Waals surface area (Å²) in [5, 5.41) is 14.9. The van der Waals surface area contributed by atoms with Crippen molar-refractivity contribution in [1.82, 2.24) is 25.5 Å². The Kier molecular flexibility index (Phi) is 3.78. The SMILES string of the molecule is C[C@H](N[C@H](C)C1CCC1)c1ccc(-n2cnnn2)cc1. The summed E-state index contributed by atoms with van der Waals surface area (Å²) < 4.78 is 1.67. The molecule has 0 bridgehead atoms. The van der Waals surface area contributed by atoms with Gasteiger partial charge in [-0.05, 0) is 60.7 Å². The van der Waals surface area contributed by atoms with Crippen LogP contribution >= 0.6 is 0 Å². The minimum atomic E-state index is 0.369. The Bertz CT molecular complexity index is 530. The Hall–Kier alpha value is -1.75. The van der Waals surface area contributed by atoms with Gasteiger partial charge >= 0.3 is 0 Å². The van der Waals surface area contributed by atoms with Gasteiger partial charge in [0.1, 0.15) is 6.33 Å². The third-order valence-electron chi connectivity index (χ3n) is 4.38.